The molecule has 0 spiro atoms. The highest BCUT2D eigenvalue weighted by molar-refractivity contribution is 5.85. The Balaban J connectivity index is 2.59. The summed E-state index contributed by atoms with van der Waals surface area (Å²) in [5.41, 5.74) is 1.04. The van der Waals surface area contributed by atoms with Crippen molar-refractivity contribution in [3.63, 3.8) is 0 Å². The van der Waals surface area contributed by atoms with Crippen LogP contribution < -0.4 is 0 Å². The van der Waals surface area contributed by atoms with Crippen LogP contribution in [0, 0.1) is 0 Å². The zero-order valence-corrected chi connectivity index (χ0v) is 9.97. The fraction of sp³-hybridized carbons (Fsp3) is 0.357. The normalized spacial score (nSPS) is 12.8. The Morgan fingerprint density at radius 3 is 2.82 bits per heavy atom. The first-order valence-corrected chi connectivity index (χ1v) is 5.77. The minimum Gasteiger partial charge on any atom is -0.507 e. The summed E-state index contributed by atoms with van der Waals surface area (Å²) in [6.45, 7) is 1.77. The number of carbonyl (C=O) groups is 1. The maximum Gasteiger partial charge on any atom is 0.154 e. The second kappa shape index (κ2) is 6.86. The van der Waals surface area contributed by atoms with Crippen molar-refractivity contribution in [2.24, 2.45) is 0 Å². The summed E-state index contributed by atoms with van der Waals surface area (Å²) in [5, 5.41) is 18.6. The summed E-state index contributed by atoms with van der Waals surface area (Å²) in [5.74, 6) is 0.00568. The van der Waals surface area contributed by atoms with E-state index in [0.29, 0.717) is 11.8 Å². The quantitative estimate of drug-likeness (QED) is 0.587. The summed E-state index contributed by atoms with van der Waals surface area (Å²) in [6.07, 6.45) is 6.68. The lowest BCUT2D eigenvalue weighted by molar-refractivity contribution is 0.112. The number of aromatic hydroxyl groups is 1. The van der Waals surface area contributed by atoms with Crippen LogP contribution in [0.5, 0.6) is 5.75 Å². The van der Waals surface area contributed by atoms with E-state index in [0.717, 1.165) is 24.8 Å². The molecule has 2 N–H and O–H groups in total. The average Bonchev–Trinajstić information content (AvgIpc) is 2.28. The van der Waals surface area contributed by atoms with E-state index in [1.807, 2.05) is 12.2 Å². The molecular weight excluding hydrogens is 216 g/mol. The zero-order valence-electron chi connectivity index (χ0n) is 9.97. The number of benzene rings is 1. The van der Waals surface area contributed by atoms with E-state index in [9.17, 15) is 9.90 Å². The van der Waals surface area contributed by atoms with Crippen molar-refractivity contribution in [1.82, 2.24) is 0 Å². The van der Waals surface area contributed by atoms with Crippen LogP contribution in [0.25, 0.3) is 6.08 Å². The van der Waals surface area contributed by atoms with Gasteiger partial charge in [0, 0.05) is 0 Å². The lowest BCUT2D eigenvalue weighted by atomic mass is 10.1. The van der Waals surface area contributed by atoms with Crippen molar-refractivity contribution in [3.8, 4) is 5.75 Å². The van der Waals surface area contributed by atoms with Crippen LogP contribution in [0.4, 0.5) is 0 Å². The first-order valence-electron chi connectivity index (χ1n) is 5.77. The van der Waals surface area contributed by atoms with Crippen molar-refractivity contribution in [3.05, 3.63) is 35.4 Å². The molecule has 1 aromatic carbocycles. The minimum absolute atomic E-state index is 0.00568. The molecule has 92 valence electrons. The maximum absolute atomic E-state index is 10.8. The molecule has 3 heteroatoms. The van der Waals surface area contributed by atoms with E-state index in [-0.39, 0.29) is 11.9 Å². The Morgan fingerprint density at radius 2 is 2.18 bits per heavy atom. The summed E-state index contributed by atoms with van der Waals surface area (Å²) >= 11 is 0. The highest BCUT2D eigenvalue weighted by Crippen LogP contribution is 2.20. The molecular formula is C14H18O3. The molecule has 1 aromatic rings. The summed E-state index contributed by atoms with van der Waals surface area (Å²) in [4.78, 5) is 10.8. The van der Waals surface area contributed by atoms with Crippen molar-refractivity contribution >= 4 is 12.4 Å². The van der Waals surface area contributed by atoms with Crippen LogP contribution in [0.15, 0.2) is 24.3 Å². The molecule has 0 bridgehead atoms. The number of phenolic OH excluding ortho intramolecular Hbond substituents is 1. The van der Waals surface area contributed by atoms with Crippen LogP contribution >= 0.6 is 0 Å². The van der Waals surface area contributed by atoms with E-state index in [1.54, 1.807) is 19.1 Å². The number of rotatable bonds is 6. The molecule has 17 heavy (non-hydrogen) atoms. The number of aldehydes is 1. The molecule has 0 fully saturated rings. The minimum atomic E-state index is -0.269. The van der Waals surface area contributed by atoms with Gasteiger partial charge in [0.25, 0.3) is 0 Å². The third-order valence-corrected chi connectivity index (χ3v) is 2.52. The van der Waals surface area contributed by atoms with Gasteiger partial charge in [-0.25, -0.2) is 0 Å². The Kier molecular flexibility index (Phi) is 5.43. The highest BCUT2D eigenvalue weighted by atomic mass is 16.3. The molecule has 0 amide bonds. The second-order valence-corrected chi connectivity index (χ2v) is 4.08. The predicted molar refractivity (Wildman–Crippen MR) is 68.1 cm³/mol. The van der Waals surface area contributed by atoms with Gasteiger partial charge in [0.1, 0.15) is 5.75 Å². The van der Waals surface area contributed by atoms with Gasteiger partial charge in [0.15, 0.2) is 6.29 Å². The molecule has 0 heterocycles. The number of carbonyl (C=O) groups excluding carboxylic acids is 1. The Labute approximate surface area is 101 Å². The number of aliphatic hydroxyl groups excluding tert-OH is 1. The van der Waals surface area contributed by atoms with Gasteiger partial charge in [0.2, 0.25) is 0 Å². The van der Waals surface area contributed by atoms with Crippen LogP contribution in [-0.2, 0) is 0 Å². The average molecular weight is 234 g/mol. The topological polar surface area (TPSA) is 57.5 Å². The number of phenols is 1. The van der Waals surface area contributed by atoms with E-state index >= 15 is 0 Å². The van der Waals surface area contributed by atoms with Gasteiger partial charge < -0.3 is 10.2 Å². The third kappa shape index (κ3) is 4.41. The number of hydrogen-bond donors (Lipinski definition) is 2. The molecule has 0 aliphatic rings. The fourth-order valence-corrected chi connectivity index (χ4v) is 1.59. The van der Waals surface area contributed by atoms with Crippen molar-refractivity contribution in [2.75, 3.05) is 0 Å². The molecule has 1 rings (SSSR count). The molecule has 1 atom stereocenters. The number of unbranched alkanes of at least 4 members (excludes halogenated alkanes) is 1. The van der Waals surface area contributed by atoms with Crippen LogP contribution in [-0.4, -0.2) is 22.6 Å². The van der Waals surface area contributed by atoms with E-state index in [2.05, 4.69) is 0 Å². The molecule has 0 aliphatic heterocycles. The zero-order chi connectivity index (χ0) is 12.7. The van der Waals surface area contributed by atoms with E-state index in [1.165, 1.54) is 6.07 Å². The van der Waals surface area contributed by atoms with Crippen LogP contribution in [0.3, 0.4) is 0 Å². The fourth-order valence-electron chi connectivity index (χ4n) is 1.59. The molecule has 1 unspecified atom stereocenters. The summed E-state index contributed by atoms with van der Waals surface area (Å²) < 4.78 is 0. The van der Waals surface area contributed by atoms with Gasteiger partial charge in [-0.1, -0.05) is 24.3 Å². The smallest absolute Gasteiger partial charge is 0.154 e. The number of hydrogen-bond acceptors (Lipinski definition) is 3. The molecule has 0 aliphatic carbocycles. The SMILES string of the molecule is CC(O)CCC/C=C/c1cccc(O)c1C=O. The van der Waals surface area contributed by atoms with Gasteiger partial charge in [-0.3, -0.25) is 4.79 Å². The maximum atomic E-state index is 10.8. The largest absolute Gasteiger partial charge is 0.507 e. The molecule has 0 aromatic heterocycles. The summed E-state index contributed by atoms with van der Waals surface area (Å²) in [7, 11) is 0. The van der Waals surface area contributed by atoms with Gasteiger partial charge in [-0.15, -0.1) is 0 Å². The molecule has 3 nitrogen and oxygen atoms in total. The Hall–Kier alpha value is -1.61. The van der Waals surface area contributed by atoms with Crippen molar-refractivity contribution in [2.45, 2.75) is 32.3 Å². The predicted octanol–water partition coefficient (Wildman–Crippen LogP) is 2.77. The second-order valence-electron chi connectivity index (χ2n) is 4.08. The standard InChI is InChI=1S/C14H18O3/c1-11(16)6-3-2-4-7-12-8-5-9-14(17)13(12)10-15/h4-5,7-11,16-17H,2-3,6H2,1H3/b7-4+. The monoisotopic (exact) mass is 234 g/mol. The van der Waals surface area contributed by atoms with E-state index in [4.69, 9.17) is 5.11 Å². The number of aliphatic hydroxyl groups is 1. The first kappa shape index (κ1) is 13.5. The first-order chi connectivity index (χ1) is 8.15. The molecule has 0 radical (unpaired) electrons. The van der Waals surface area contributed by atoms with Gasteiger partial charge in [-0.05, 0) is 37.8 Å². The third-order valence-electron chi connectivity index (χ3n) is 2.52. The lowest BCUT2D eigenvalue weighted by Gasteiger charge is -2.02. The van der Waals surface area contributed by atoms with Gasteiger partial charge in [0.05, 0.1) is 11.7 Å². The van der Waals surface area contributed by atoms with Crippen LogP contribution in [0.2, 0.25) is 0 Å². The van der Waals surface area contributed by atoms with Crippen molar-refractivity contribution < 1.29 is 15.0 Å². The Morgan fingerprint density at radius 1 is 1.41 bits per heavy atom. The Bertz CT molecular complexity index is 394. The molecule has 0 saturated carbocycles. The lowest BCUT2D eigenvalue weighted by Crippen LogP contribution is -1.97. The highest BCUT2D eigenvalue weighted by Gasteiger charge is 2.03. The van der Waals surface area contributed by atoms with Crippen molar-refractivity contribution in [1.29, 1.82) is 0 Å². The number of allylic oxidation sites excluding steroid dienone is 1. The molecule has 0 saturated heterocycles. The van der Waals surface area contributed by atoms with Gasteiger partial charge in [-0.2, -0.15) is 0 Å². The van der Waals surface area contributed by atoms with Gasteiger partial charge >= 0.3 is 0 Å². The van der Waals surface area contributed by atoms with E-state index < -0.39 is 0 Å². The van der Waals surface area contributed by atoms with Crippen LogP contribution in [0.1, 0.15) is 42.1 Å². The summed E-state index contributed by atoms with van der Waals surface area (Å²) in [6, 6.07) is 4.99.